The van der Waals surface area contributed by atoms with E-state index in [0.29, 0.717) is 20.6 Å². The first-order chi connectivity index (χ1) is 12.5. The number of amides is 2. The fraction of sp³-hybridized carbons (Fsp3) is 0.150. The van der Waals surface area contributed by atoms with Crippen LogP contribution in [0.1, 0.15) is 25.0 Å². The molecule has 0 spiro atoms. The number of anilines is 2. The molecule has 0 radical (unpaired) electrons. The standard InChI is InChI=1S/C20H18N2O2S2/c1-3-14-4-6-15(7-5-14)12-18-19(24)22(20(25)26-18)17-10-8-16(9-11-17)21-13(2)23/h4-12H,3H2,1-2H3,(H,21,23)/b18-12-. The molecular formula is C20H18N2O2S2. The van der Waals surface area contributed by atoms with Gasteiger partial charge in [-0.3, -0.25) is 14.5 Å². The first-order valence-electron chi connectivity index (χ1n) is 8.22. The van der Waals surface area contributed by atoms with Gasteiger partial charge in [0.05, 0.1) is 10.6 Å². The molecule has 1 saturated heterocycles. The minimum Gasteiger partial charge on any atom is -0.326 e. The highest BCUT2D eigenvalue weighted by molar-refractivity contribution is 8.27. The largest absolute Gasteiger partial charge is 0.326 e. The number of rotatable bonds is 4. The van der Waals surface area contributed by atoms with Gasteiger partial charge in [-0.15, -0.1) is 0 Å². The maximum Gasteiger partial charge on any atom is 0.270 e. The fourth-order valence-corrected chi connectivity index (χ4v) is 3.89. The zero-order valence-electron chi connectivity index (χ0n) is 14.5. The molecule has 0 atom stereocenters. The van der Waals surface area contributed by atoms with Crippen LogP contribution in [0.5, 0.6) is 0 Å². The van der Waals surface area contributed by atoms with E-state index in [9.17, 15) is 9.59 Å². The van der Waals surface area contributed by atoms with Gasteiger partial charge in [0.15, 0.2) is 4.32 Å². The zero-order valence-corrected chi connectivity index (χ0v) is 16.1. The molecule has 1 heterocycles. The lowest BCUT2D eigenvalue weighted by atomic mass is 10.1. The van der Waals surface area contributed by atoms with Crippen molar-refractivity contribution in [1.82, 2.24) is 0 Å². The summed E-state index contributed by atoms with van der Waals surface area (Å²) in [6.07, 6.45) is 2.85. The van der Waals surface area contributed by atoms with Crippen LogP contribution in [-0.4, -0.2) is 16.1 Å². The lowest BCUT2D eigenvalue weighted by Gasteiger charge is -2.15. The van der Waals surface area contributed by atoms with Crippen LogP contribution in [0.25, 0.3) is 6.08 Å². The van der Waals surface area contributed by atoms with Crippen LogP contribution in [0, 0.1) is 0 Å². The summed E-state index contributed by atoms with van der Waals surface area (Å²) in [5.74, 6) is -0.271. The molecule has 132 valence electrons. The third kappa shape index (κ3) is 4.03. The Kier molecular flexibility index (Phi) is 5.54. The highest BCUT2D eigenvalue weighted by Gasteiger charge is 2.33. The van der Waals surface area contributed by atoms with E-state index in [-0.39, 0.29) is 11.8 Å². The van der Waals surface area contributed by atoms with Crippen molar-refractivity contribution in [2.24, 2.45) is 0 Å². The number of thiocarbonyl (C=S) groups is 1. The SMILES string of the molecule is CCc1ccc(/C=C2\SC(=S)N(c3ccc(NC(C)=O)cc3)C2=O)cc1. The number of nitrogens with one attached hydrogen (secondary N) is 1. The van der Waals surface area contributed by atoms with Crippen molar-refractivity contribution in [3.05, 3.63) is 64.6 Å². The topological polar surface area (TPSA) is 49.4 Å². The molecule has 0 saturated carbocycles. The van der Waals surface area contributed by atoms with Gasteiger partial charge in [-0.25, -0.2) is 0 Å². The van der Waals surface area contributed by atoms with E-state index < -0.39 is 0 Å². The second kappa shape index (κ2) is 7.85. The van der Waals surface area contributed by atoms with E-state index in [2.05, 4.69) is 24.4 Å². The Bertz CT molecular complexity index is 887. The van der Waals surface area contributed by atoms with Gasteiger partial charge in [-0.1, -0.05) is 55.2 Å². The van der Waals surface area contributed by atoms with Crippen LogP contribution in [0.4, 0.5) is 11.4 Å². The van der Waals surface area contributed by atoms with Gasteiger partial charge in [0.2, 0.25) is 5.91 Å². The van der Waals surface area contributed by atoms with Crippen LogP contribution in [0.2, 0.25) is 0 Å². The lowest BCUT2D eigenvalue weighted by molar-refractivity contribution is -0.114. The molecule has 0 bridgehead atoms. The summed E-state index contributed by atoms with van der Waals surface area (Å²) >= 11 is 6.69. The van der Waals surface area contributed by atoms with E-state index in [1.165, 1.54) is 29.1 Å². The summed E-state index contributed by atoms with van der Waals surface area (Å²) in [6, 6.07) is 15.2. The summed E-state index contributed by atoms with van der Waals surface area (Å²) in [7, 11) is 0. The molecule has 2 aromatic rings. The molecular weight excluding hydrogens is 364 g/mol. The molecule has 1 aliphatic rings. The monoisotopic (exact) mass is 382 g/mol. The van der Waals surface area contributed by atoms with Crippen LogP contribution in [0.15, 0.2) is 53.4 Å². The van der Waals surface area contributed by atoms with Crippen molar-refractivity contribution < 1.29 is 9.59 Å². The van der Waals surface area contributed by atoms with Crippen LogP contribution >= 0.6 is 24.0 Å². The molecule has 4 nitrogen and oxygen atoms in total. The Morgan fingerprint density at radius 3 is 2.38 bits per heavy atom. The minimum absolute atomic E-state index is 0.133. The average Bonchev–Trinajstić information content (AvgIpc) is 2.89. The zero-order chi connectivity index (χ0) is 18.7. The summed E-state index contributed by atoms with van der Waals surface area (Å²) in [4.78, 5) is 26.0. The van der Waals surface area contributed by atoms with E-state index in [1.807, 2.05) is 18.2 Å². The van der Waals surface area contributed by atoms with Gasteiger partial charge in [-0.2, -0.15) is 0 Å². The first-order valence-corrected chi connectivity index (χ1v) is 9.45. The number of hydrogen-bond donors (Lipinski definition) is 1. The fourth-order valence-electron chi connectivity index (χ4n) is 2.59. The molecule has 3 rings (SSSR count). The van der Waals surface area contributed by atoms with Gasteiger partial charge in [0.25, 0.3) is 5.91 Å². The Hall–Kier alpha value is -2.44. The molecule has 1 fully saturated rings. The maximum atomic E-state index is 12.8. The van der Waals surface area contributed by atoms with E-state index in [0.717, 1.165) is 12.0 Å². The minimum atomic E-state index is -0.139. The Balaban J connectivity index is 1.81. The number of hydrogen-bond acceptors (Lipinski definition) is 4. The van der Waals surface area contributed by atoms with E-state index in [4.69, 9.17) is 12.2 Å². The third-order valence-corrected chi connectivity index (χ3v) is 5.23. The summed E-state index contributed by atoms with van der Waals surface area (Å²) in [6.45, 7) is 3.56. The summed E-state index contributed by atoms with van der Waals surface area (Å²) in [5.41, 5.74) is 3.60. The van der Waals surface area contributed by atoms with E-state index >= 15 is 0 Å². The summed E-state index contributed by atoms with van der Waals surface area (Å²) < 4.78 is 0.499. The maximum absolute atomic E-state index is 12.8. The number of aryl methyl sites for hydroxylation is 1. The molecule has 1 aliphatic heterocycles. The number of carbonyl (C=O) groups excluding carboxylic acids is 2. The molecule has 0 aromatic heterocycles. The molecule has 1 N–H and O–H groups in total. The van der Waals surface area contributed by atoms with Gasteiger partial charge in [0.1, 0.15) is 0 Å². The van der Waals surface area contributed by atoms with Crippen molar-refractivity contribution in [1.29, 1.82) is 0 Å². The van der Waals surface area contributed by atoms with Gasteiger partial charge < -0.3 is 5.32 Å². The van der Waals surface area contributed by atoms with Crippen molar-refractivity contribution in [2.75, 3.05) is 10.2 Å². The number of benzene rings is 2. The number of nitrogens with zero attached hydrogens (tertiary/aromatic N) is 1. The smallest absolute Gasteiger partial charge is 0.270 e. The average molecular weight is 383 g/mol. The lowest BCUT2D eigenvalue weighted by Crippen LogP contribution is -2.27. The Morgan fingerprint density at radius 2 is 1.81 bits per heavy atom. The van der Waals surface area contributed by atoms with Crippen molar-refractivity contribution in [3.63, 3.8) is 0 Å². The predicted molar refractivity (Wildman–Crippen MR) is 112 cm³/mol. The van der Waals surface area contributed by atoms with Gasteiger partial charge >= 0.3 is 0 Å². The number of carbonyl (C=O) groups is 2. The number of thioether (sulfide) groups is 1. The normalized spacial score (nSPS) is 15.6. The molecule has 2 aromatic carbocycles. The van der Waals surface area contributed by atoms with Crippen molar-refractivity contribution in [2.45, 2.75) is 20.3 Å². The third-order valence-electron chi connectivity index (χ3n) is 3.93. The molecule has 0 unspecified atom stereocenters. The highest BCUT2D eigenvalue weighted by Crippen LogP contribution is 2.36. The van der Waals surface area contributed by atoms with Crippen molar-refractivity contribution >= 4 is 57.6 Å². The second-order valence-corrected chi connectivity index (χ2v) is 7.52. The Labute approximate surface area is 162 Å². The van der Waals surface area contributed by atoms with E-state index in [1.54, 1.807) is 24.3 Å². The van der Waals surface area contributed by atoms with Crippen LogP contribution in [-0.2, 0) is 16.0 Å². The van der Waals surface area contributed by atoms with Crippen LogP contribution < -0.4 is 10.2 Å². The second-order valence-electron chi connectivity index (χ2n) is 5.84. The molecule has 26 heavy (non-hydrogen) atoms. The molecule has 6 heteroatoms. The summed E-state index contributed by atoms with van der Waals surface area (Å²) in [5, 5.41) is 2.70. The quantitative estimate of drug-likeness (QED) is 0.620. The van der Waals surface area contributed by atoms with Gasteiger partial charge in [0, 0.05) is 12.6 Å². The molecule has 0 aliphatic carbocycles. The Morgan fingerprint density at radius 1 is 1.15 bits per heavy atom. The predicted octanol–water partition coefficient (Wildman–Crippen LogP) is 4.61. The van der Waals surface area contributed by atoms with Crippen molar-refractivity contribution in [3.8, 4) is 0 Å². The van der Waals surface area contributed by atoms with Gasteiger partial charge in [-0.05, 0) is 47.9 Å². The van der Waals surface area contributed by atoms with Crippen LogP contribution in [0.3, 0.4) is 0 Å². The highest BCUT2D eigenvalue weighted by atomic mass is 32.2. The molecule has 2 amide bonds. The first kappa shape index (κ1) is 18.4.